The third kappa shape index (κ3) is 19.9. The summed E-state index contributed by atoms with van der Waals surface area (Å²) in [5.41, 5.74) is 0.391. The first-order valence-corrected chi connectivity index (χ1v) is 11.7. The quantitative estimate of drug-likeness (QED) is 0.208. The Morgan fingerprint density at radius 2 is 1.30 bits per heavy atom. The van der Waals surface area contributed by atoms with E-state index in [1.165, 1.54) is 70.9 Å². The molecule has 1 unspecified atom stereocenters. The van der Waals surface area contributed by atoms with Crippen LogP contribution in [0.25, 0.3) is 0 Å². The van der Waals surface area contributed by atoms with Crippen molar-refractivity contribution in [3.8, 4) is 0 Å². The standard InChI is InChI=1S/C24H49N3/c1-6-7-17-25-18-12-8-9-13-19-26-20-14-10-11-15-21-27-22-16-23(2)24(3,4)5/h17,22-23,26H,6-16,18-21H2,1-5H3. The highest BCUT2D eigenvalue weighted by atomic mass is 14.8. The molecule has 27 heavy (non-hydrogen) atoms. The van der Waals surface area contributed by atoms with Crippen LogP contribution < -0.4 is 5.32 Å². The van der Waals surface area contributed by atoms with E-state index in [2.05, 4.69) is 62.3 Å². The van der Waals surface area contributed by atoms with Crippen LogP contribution in [-0.2, 0) is 0 Å². The number of hydrogen-bond acceptors (Lipinski definition) is 3. The molecule has 3 heteroatoms. The lowest BCUT2D eigenvalue weighted by Gasteiger charge is -2.25. The van der Waals surface area contributed by atoms with Gasteiger partial charge in [-0.15, -0.1) is 0 Å². The van der Waals surface area contributed by atoms with Gasteiger partial charge >= 0.3 is 0 Å². The molecule has 0 aliphatic carbocycles. The van der Waals surface area contributed by atoms with Crippen LogP contribution in [0, 0.1) is 11.3 Å². The van der Waals surface area contributed by atoms with Gasteiger partial charge in [-0.1, -0.05) is 66.7 Å². The SMILES string of the molecule is CCCC=NCCCCCCNCCCCCCN=CCC(C)C(C)(C)C. The summed E-state index contributed by atoms with van der Waals surface area (Å²) in [6.07, 6.45) is 18.1. The van der Waals surface area contributed by atoms with E-state index < -0.39 is 0 Å². The predicted octanol–water partition coefficient (Wildman–Crippen LogP) is 6.71. The predicted molar refractivity (Wildman–Crippen MR) is 125 cm³/mol. The van der Waals surface area contributed by atoms with E-state index in [1.54, 1.807) is 0 Å². The maximum atomic E-state index is 4.58. The smallest absolute Gasteiger partial charge is 0.0385 e. The van der Waals surface area contributed by atoms with Crippen molar-refractivity contribution in [2.24, 2.45) is 21.3 Å². The number of nitrogens with zero attached hydrogens (tertiary/aromatic N) is 2. The van der Waals surface area contributed by atoms with Crippen molar-refractivity contribution in [1.82, 2.24) is 5.32 Å². The molecule has 160 valence electrons. The van der Waals surface area contributed by atoms with Gasteiger partial charge in [0.05, 0.1) is 0 Å². The van der Waals surface area contributed by atoms with E-state index in [1.807, 2.05) is 0 Å². The maximum absolute atomic E-state index is 4.58. The third-order valence-electron chi connectivity index (χ3n) is 5.39. The largest absolute Gasteiger partial charge is 0.317 e. The van der Waals surface area contributed by atoms with Crippen LogP contribution in [0.4, 0.5) is 0 Å². The zero-order chi connectivity index (χ0) is 20.2. The van der Waals surface area contributed by atoms with Gasteiger partial charge in [0.2, 0.25) is 0 Å². The molecule has 0 fully saturated rings. The molecular formula is C24H49N3. The Labute approximate surface area is 170 Å². The van der Waals surface area contributed by atoms with Gasteiger partial charge in [0.15, 0.2) is 0 Å². The molecule has 0 bridgehead atoms. The Hall–Kier alpha value is -0.700. The van der Waals surface area contributed by atoms with Crippen molar-refractivity contribution in [3.63, 3.8) is 0 Å². The first kappa shape index (κ1) is 26.3. The number of aliphatic imine (C=N–C) groups is 2. The number of hydrogen-bond donors (Lipinski definition) is 1. The summed E-state index contributed by atoms with van der Waals surface area (Å²) in [5, 5.41) is 3.58. The second-order valence-electron chi connectivity index (χ2n) is 9.05. The van der Waals surface area contributed by atoms with E-state index in [0.717, 1.165) is 25.9 Å². The zero-order valence-electron chi connectivity index (χ0n) is 19.2. The molecule has 0 saturated heterocycles. The highest BCUT2D eigenvalue weighted by molar-refractivity contribution is 5.57. The first-order valence-electron chi connectivity index (χ1n) is 11.7. The molecule has 0 amide bonds. The van der Waals surface area contributed by atoms with Gasteiger partial charge in [0.1, 0.15) is 0 Å². The number of rotatable bonds is 18. The first-order chi connectivity index (χ1) is 13.0. The van der Waals surface area contributed by atoms with E-state index in [9.17, 15) is 0 Å². The Kier molecular flexibility index (Phi) is 18.2. The number of nitrogens with one attached hydrogen (secondary N) is 1. The van der Waals surface area contributed by atoms with Gasteiger partial charge in [-0.25, -0.2) is 0 Å². The van der Waals surface area contributed by atoms with E-state index in [4.69, 9.17) is 0 Å². The summed E-state index contributed by atoms with van der Waals surface area (Å²) >= 11 is 0. The molecule has 0 saturated carbocycles. The summed E-state index contributed by atoms with van der Waals surface area (Å²) in [6, 6.07) is 0. The topological polar surface area (TPSA) is 36.8 Å². The van der Waals surface area contributed by atoms with Crippen molar-refractivity contribution in [2.45, 2.75) is 105 Å². The monoisotopic (exact) mass is 379 g/mol. The van der Waals surface area contributed by atoms with Crippen LogP contribution in [0.3, 0.4) is 0 Å². The fraction of sp³-hybridized carbons (Fsp3) is 0.917. The van der Waals surface area contributed by atoms with E-state index in [-0.39, 0.29) is 0 Å². The average molecular weight is 380 g/mol. The third-order valence-corrected chi connectivity index (χ3v) is 5.39. The lowest BCUT2D eigenvalue weighted by Crippen LogP contribution is -2.17. The van der Waals surface area contributed by atoms with Crippen molar-refractivity contribution >= 4 is 12.4 Å². The second kappa shape index (κ2) is 18.7. The highest BCUT2D eigenvalue weighted by Crippen LogP contribution is 2.27. The summed E-state index contributed by atoms with van der Waals surface area (Å²) < 4.78 is 0. The molecule has 1 atom stereocenters. The summed E-state index contributed by atoms with van der Waals surface area (Å²) in [5.74, 6) is 0.701. The molecular weight excluding hydrogens is 330 g/mol. The lowest BCUT2D eigenvalue weighted by molar-refractivity contribution is 0.270. The molecule has 0 aromatic carbocycles. The van der Waals surface area contributed by atoms with Gasteiger partial charge in [-0.05, 0) is 75.4 Å². The van der Waals surface area contributed by atoms with Crippen LogP contribution >= 0.6 is 0 Å². The Morgan fingerprint density at radius 3 is 1.81 bits per heavy atom. The van der Waals surface area contributed by atoms with E-state index in [0.29, 0.717) is 11.3 Å². The Morgan fingerprint density at radius 1 is 0.778 bits per heavy atom. The van der Waals surface area contributed by atoms with Gasteiger partial charge in [-0.3, -0.25) is 9.98 Å². The van der Waals surface area contributed by atoms with Crippen LogP contribution in [-0.4, -0.2) is 38.6 Å². The van der Waals surface area contributed by atoms with Gasteiger partial charge in [0, 0.05) is 13.1 Å². The average Bonchev–Trinajstić information content (AvgIpc) is 2.62. The van der Waals surface area contributed by atoms with Crippen LogP contribution in [0.2, 0.25) is 0 Å². The second-order valence-corrected chi connectivity index (χ2v) is 9.05. The maximum Gasteiger partial charge on any atom is 0.0385 e. The van der Waals surface area contributed by atoms with Crippen molar-refractivity contribution in [1.29, 1.82) is 0 Å². The fourth-order valence-electron chi connectivity index (χ4n) is 2.73. The van der Waals surface area contributed by atoms with Gasteiger partial charge < -0.3 is 5.32 Å². The molecule has 0 aromatic rings. The summed E-state index contributed by atoms with van der Waals surface area (Å²) in [6.45, 7) is 15.8. The zero-order valence-corrected chi connectivity index (χ0v) is 19.2. The minimum Gasteiger partial charge on any atom is -0.317 e. The molecule has 0 radical (unpaired) electrons. The summed E-state index contributed by atoms with van der Waals surface area (Å²) in [7, 11) is 0. The Bertz CT molecular complexity index is 355. The molecule has 1 N–H and O–H groups in total. The van der Waals surface area contributed by atoms with E-state index >= 15 is 0 Å². The van der Waals surface area contributed by atoms with Crippen LogP contribution in [0.5, 0.6) is 0 Å². The van der Waals surface area contributed by atoms with Crippen molar-refractivity contribution < 1.29 is 0 Å². The molecule has 0 aliphatic heterocycles. The highest BCUT2D eigenvalue weighted by Gasteiger charge is 2.18. The molecule has 0 heterocycles. The molecule has 0 aromatic heterocycles. The minimum absolute atomic E-state index is 0.391. The van der Waals surface area contributed by atoms with Crippen molar-refractivity contribution in [3.05, 3.63) is 0 Å². The minimum atomic E-state index is 0.391. The van der Waals surface area contributed by atoms with Crippen LogP contribution in [0.1, 0.15) is 105 Å². The number of unbranched alkanes of at least 4 members (excludes halogenated alkanes) is 7. The normalized spacial score (nSPS) is 13.8. The van der Waals surface area contributed by atoms with Crippen LogP contribution in [0.15, 0.2) is 9.98 Å². The van der Waals surface area contributed by atoms with Gasteiger partial charge in [0.25, 0.3) is 0 Å². The molecule has 0 aliphatic rings. The molecule has 0 spiro atoms. The summed E-state index contributed by atoms with van der Waals surface area (Å²) in [4.78, 5) is 9.01. The lowest BCUT2D eigenvalue weighted by atomic mass is 9.80. The van der Waals surface area contributed by atoms with Crippen molar-refractivity contribution in [2.75, 3.05) is 26.2 Å². The fourth-order valence-corrected chi connectivity index (χ4v) is 2.73. The molecule has 0 rings (SSSR count). The Balaban J connectivity index is 3.21. The molecule has 3 nitrogen and oxygen atoms in total. The van der Waals surface area contributed by atoms with Gasteiger partial charge in [-0.2, -0.15) is 0 Å².